The number of furan rings is 1. The second kappa shape index (κ2) is 8.89. The molecule has 0 radical (unpaired) electrons. The van der Waals surface area contributed by atoms with Gasteiger partial charge in [-0.05, 0) is 71.8 Å². The van der Waals surface area contributed by atoms with Gasteiger partial charge < -0.3 is 4.42 Å². The summed E-state index contributed by atoms with van der Waals surface area (Å²) in [4.78, 5) is 9.18. The third-order valence-corrected chi connectivity index (χ3v) is 7.59. The molecule has 4 aromatic heterocycles. The molecule has 8 aromatic rings. The van der Waals surface area contributed by atoms with Crippen molar-refractivity contribution in [1.29, 1.82) is 0 Å². The predicted molar refractivity (Wildman–Crippen MR) is 158 cm³/mol. The molecule has 0 amide bonds. The Kier molecular flexibility index (Phi) is 5.04. The maximum Gasteiger partial charge on any atom is 0.150 e. The first-order valence-electron chi connectivity index (χ1n) is 13.2. The third-order valence-electron chi connectivity index (χ3n) is 7.59. The quantitative estimate of drug-likeness (QED) is 0.233. The summed E-state index contributed by atoms with van der Waals surface area (Å²) in [5.74, 6) is 0. The molecule has 0 bridgehead atoms. The molecular formula is C35H22FN3O. The average Bonchev–Trinajstić information content (AvgIpc) is 3.57. The first-order chi connectivity index (χ1) is 19.8. The van der Waals surface area contributed by atoms with Crippen LogP contribution in [0.1, 0.15) is 17.3 Å². The standard InChI is InChI=1S/C35H22FN3O/c36-33(23-9-5-8-22(20-23)29-14-3-4-18-37-29)24-10-6-11-25(21-24)39-30-17-16-27-26-12-1-2-15-31(26)40-34(27)32(30)28-13-7-19-38-35(28)39/h1-21,33H. The van der Waals surface area contributed by atoms with Crippen LogP contribution in [0.2, 0.25) is 0 Å². The maximum absolute atomic E-state index is 16.1. The maximum atomic E-state index is 16.1. The highest BCUT2D eigenvalue weighted by atomic mass is 19.1. The lowest BCUT2D eigenvalue weighted by molar-refractivity contribution is 0.402. The lowest BCUT2D eigenvalue weighted by Crippen LogP contribution is -1.99. The van der Waals surface area contributed by atoms with E-state index in [0.29, 0.717) is 11.1 Å². The van der Waals surface area contributed by atoms with Crippen molar-refractivity contribution in [3.8, 4) is 16.9 Å². The number of benzene rings is 4. The van der Waals surface area contributed by atoms with Crippen molar-refractivity contribution in [2.75, 3.05) is 0 Å². The van der Waals surface area contributed by atoms with Crippen LogP contribution in [0.15, 0.2) is 132 Å². The van der Waals surface area contributed by atoms with Crippen LogP contribution in [0.3, 0.4) is 0 Å². The molecule has 190 valence electrons. The van der Waals surface area contributed by atoms with Gasteiger partial charge in [-0.25, -0.2) is 9.37 Å². The van der Waals surface area contributed by atoms with Crippen molar-refractivity contribution in [2.45, 2.75) is 6.17 Å². The van der Waals surface area contributed by atoms with Crippen LogP contribution in [0.25, 0.3) is 60.8 Å². The van der Waals surface area contributed by atoms with E-state index < -0.39 is 6.17 Å². The molecule has 4 aromatic carbocycles. The van der Waals surface area contributed by atoms with E-state index >= 15 is 4.39 Å². The first-order valence-corrected chi connectivity index (χ1v) is 13.2. The highest BCUT2D eigenvalue weighted by molar-refractivity contribution is 6.23. The van der Waals surface area contributed by atoms with Crippen LogP contribution in [0.5, 0.6) is 0 Å². The van der Waals surface area contributed by atoms with Crippen molar-refractivity contribution in [1.82, 2.24) is 14.5 Å². The Labute approximate surface area is 229 Å². The van der Waals surface area contributed by atoms with Crippen molar-refractivity contribution in [3.63, 3.8) is 0 Å². The molecule has 0 spiro atoms. The van der Waals surface area contributed by atoms with Gasteiger partial charge in [0, 0.05) is 39.8 Å². The molecule has 8 rings (SSSR count). The van der Waals surface area contributed by atoms with Crippen LogP contribution in [0, 0.1) is 0 Å². The fraction of sp³-hybridized carbons (Fsp3) is 0.0286. The minimum atomic E-state index is -1.30. The summed E-state index contributed by atoms with van der Waals surface area (Å²) in [5, 5.41) is 4.14. The number of para-hydroxylation sites is 1. The fourth-order valence-corrected chi connectivity index (χ4v) is 5.77. The summed E-state index contributed by atoms with van der Waals surface area (Å²) in [6.07, 6.45) is 2.24. The Morgan fingerprint density at radius 2 is 1.45 bits per heavy atom. The Morgan fingerprint density at radius 3 is 2.35 bits per heavy atom. The molecule has 0 N–H and O–H groups in total. The number of hydrogen-bond acceptors (Lipinski definition) is 3. The van der Waals surface area contributed by atoms with Gasteiger partial charge in [-0.2, -0.15) is 0 Å². The highest BCUT2D eigenvalue weighted by Crippen LogP contribution is 2.40. The molecule has 1 unspecified atom stereocenters. The Balaban J connectivity index is 1.30. The molecule has 0 aliphatic rings. The smallest absolute Gasteiger partial charge is 0.150 e. The van der Waals surface area contributed by atoms with Gasteiger partial charge in [-0.3, -0.25) is 9.55 Å². The number of pyridine rings is 2. The molecule has 4 nitrogen and oxygen atoms in total. The normalized spacial score (nSPS) is 12.5. The van der Waals surface area contributed by atoms with Crippen molar-refractivity contribution in [3.05, 3.63) is 139 Å². The second-order valence-corrected chi connectivity index (χ2v) is 9.94. The predicted octanol–water partition coefficient (Wildman–Crippen LogP) is 9.20. The fourth-order valence-electron chi connectivity index (χ4n) is 5.77. The molecule has 5 heteroatoms. The van der Waals surface area contributed by atoms with Gasteiger partial charge >= 0.3 is 0 Å². The minimum Gasteiger partial charge on any atom is -0.455 e. The summed E-state index contributed by atoms with van der Waals surface area (Å²) in [5.41, 5.74) is 7.16. The van der Waals surface area contributed by atoms with E-state index in [1.807, 2.05) is 91.0 Å². The molecular weight excluding hydrogens is 497 g/mol. The lowest BCUT2D eigenvalue weighted by Gasteiger charge is -2.13. The Morgan fingerprint density at radius 1 is 0.650 bits per heavy atom. The zero-order valence-corrected chi connectivity index (χ0v) is 21.3. The summed E-state index contributed by atoms with van der Waals surface area (Å²) in [6, 6.07) is 37.2. The van der Waals surface area contributed by atoms with E-state index in [2.05, 4.69) is 33.8 Å². The molecule has 40 heavy (non-hydrogen) atoms. The van der Waals surface area contributed by atoms with E-state index in [1.54, 1.807) is 12.4 Å². The van der Waals surface area contributed by atoms with Gasteiger partial charge in [0.1, 0.15) is 16.8 Å². The number of fused-ring (bicyclic) bond motifs is 7. The largest absolute Gasteiger partial charge is 0.455 e. The van der Waals surface area contributed by atoms with Crippen molar-refractivity contribution < 1.29 is 8.81 Å². The van der Waals surface area contributed by atoms with E-state index in [4.69, 9.17) is 9.40 Å². The number of aromatic nitrogens is 3. The van der Waals surface area contributed by atoms with Gasteiger partial charge in [-0.15, -0.1) is 0 Å². The highest BCUT2D eigenvalue weighted by Gasteiger charge is 2.20. The van der Waals surface area contributed by atoms with Gasteiger partial charge in [0.25, 0.3) is 0 Å². The van der Waals surface area contributed by atoms with E-state index in [1.165, 1.54) is 0 Å². The van der Waals surface area contributed by atoms with Crippen LogP contribution in [-0.2, 0) is 0 Å². The average molecular weight is 520 g/mol. The van der Waals surface area contributed by atoms with E-state index in [9.17, 15) is 0 Å². The third kappa shape index (κ3) is 3.45. The van der Waals surface area contributed by atoms with Crippen LogP contribution < -0.4 is 0 Å². The molecule has 4 heterocycles. The number of rotatable bonds is 4. The molecule has 0 saturated heterocycles. The molecule has 0 saturated carbocycles. The summed E-state index contributed by atoms with van der Waals surface area (Å²) in [7, 11) is 0. The zero-order chi connectivity index (χ0) is 26.6. The molecule has 0 aliphatic heterocycles. The molecule has 1 atom stereocenters. The first kappa shape index (κ1) is 22.7. The summed E-state index contributed by atoms with van der Waals surface area (Å²) < 4.78 is 24.6. The molecule has 0 aliphatic carbocycles. The SMILES string of the molecule is FC(c1cccc(-c2ccccn2)c1)c1cccc(-n2c3ccc4c5ccccc5oc4c3c3cccnc32)c1. The minimum absolute atomic E-state index is 0.575. The van der Waals surface area contributed by atoms with Crippen LogP contribution >= 0.6 is 0 Å². The number of hydrogen-bond donors (Lipinski definition) is 0. The topological polar surface area (TPSA) is 43.9 Å². The summed E-state index contributed by atoms with van der Waals surface area (Å²) >= 11 is 0. The molecule has 0 fully saturated rings. The van der Waals surface area contributed by atoms with Crippen LogP contribution in [0.4, 0.5) is 4.39 Å². The number of alkyl halides is 1. The number of nitrogens with zero attached hydrogens (tertiary/aromatic N) is 3. The van der Waals surface area contributed by atoms with Crippen molar-refractivity contribution >= 4 is 43.9 Å². The van der Waals surface area contributed by atoms with Gasteiger partial charge in [0.15, 0.2) is 6.17 Å². The lowest BCUT2D eigenvalue weighted by atomic mass is 9.99. The Hall–Kier alpha value is -5.29. The van der Waals surface area contributed by atoms with E-state index in [-0.39, 0.29) is 0 Å². The monoisotopic (exact) mass is 519 g/mol. The number of halogens is 1. The van der Waals surface area contributed by atoms with E-state index in [0.717, 1.165) is 60.8 Å². The van der Waals surface area contributed by atoms with Crippen LogP contribution in [-0.4, -0.2) is 14.5 Å². The van der Waals surface area contributed by atoms with Gasteiger partial charge in [0.05, 0.1) is 16.6 Å². The zero-order valence-electron chi connectivity index (χ0n) is 21.3. The van der Waals surface area contributed by atoms with Crippen molar-refractivity contribution in [2.24, 2.45) is 0 Å². The Bertz CT molecular complexity index is 2200. The van der Waals surface area contributed by atoms with Gasteiger partial charge in [0.2, 0.25) is 0 Å². The second-order valence-electron chi connectivity index (χ2n) is 9.94. The van der Waals surface area contributed by atoms with Gasteiger partial charge in [-0.1, -0.05) is 54.6 Å². The summed E-state index contributed by atoms with van der Waals surface area (Å²) in [6.45, 7) is 0.